The molecular formula is C25H26N4O2S. The van der Waals surface area contributed by atoms with Crippen molar-refractivity contribution in [3.63, 3.8) is 0 Å². The highest BCUT2D eigenvalue weighted by Gasteiger charge is 2.21. The first-order valence-electron chi connectivity index (χ1n) is 11.1. The van der Waals surface area contributed by atoms with Gasteiger partial charge < -0.3 is 9.80 Å². The lowest BCUT2D eigenvalue weighted by Gasteiger charge is -2.36. The Morgan fingerprint density at radius 1 is 1.00 bits per heavy atom. The minimum absolute atomic E-state index is 0.0630. The molecule has 1 saturated heterocycles. The number of rotatable bonds is 5. The summed E-state index contributed by atoms with van der Waals surface area (Å²) in [7, 11) is 0. The first-order valence-corrected chi connectivity index (χ1v) is 11.9. The molecule has 0 N–H and O–H groups in total. The molecule has 4 aromatic rings. The molecule has 7 heteroatoms. The van der Waals surface area contributed by atoms with E-state index in [1.165, 1.54) is 10.4 Å². The second-order valence-electron chi connectivity index (χ2n) is 8.22. The smallest absolute Gasteiger partial charge is 0.276 e. The van der Waals surface area contributed by atoms with Gasteiger partial charge in [0.25, 0.3) is 5.56 Å². The zero-order chi connectivity index (χ0) is 22.1. The maximum absolute atomic E-state index is 13.1. The third-order valence-electron chi connectivity index (χ3n) is 6.16. The van der Waals surface area contributed by atoms with E-state index in [1.807, 2.05) is 54.3 Å². The van der Waals surface area contributed by atoms with Crippen LogP contribution in [0.3, 0.4) is 0 Å². The minimum atomic E-state index is -0.0630. The van der Waals surface area contributed by atoms with E-state index in [0.717, 1.165) is 52.0 Å². The predicted octanol–water partition coefficient (Wildman–Crippen LogP) is 4.05. The summed E-state index contributed by atoms with van der Waals surface area (Å²) in [6, 6.07) is 18.3. The van der Waals surface area contributed by atoms with Gasteiger partial charge in [-0.25, -0.2) is 4.68 Å². The Bertz CT molecular complexity index is 1320. The maximum atomic E-state index is 13.1. The highest BCUT2D eigenvalue weighted by molar-refractivity contribution is 7.26. The molecular weight excluding hydrogens is 420 g/mol. The molecule has 0 unspecified atom stereocenters. The van der Waals surface area contributed by atoms with Crippen molar-refractivity contribution in [1.29, 1.82) is 0 Å². The van der Waals surface area contributed by atoms with Crippen LogP contribution in [0.5, 0.6) is 0 Å². The van der Waals surface area contributed by atoms with Gasteiger partial charge >= 0.3 is 0 Å². The van der Waals surface area contributed by atoms with E-state index < -0.39 is 0 Å². The number of hydrogen-bond donors (Lipinski definition) is 0. The molecule has 1 aliphatic rings. The van der Waals surface area contributed by atoms with Gasteiger partial charge in [0.1, 0.15) is 0 Å². The van der Waals surface area contributed by atoms with Gasteiger partial charge in [-0.3, -0.25) is 9.59 Å². The molecule has 164 valence electrons. The Hall–Kier alpha value is -3.19. The number of thiophene rings is 1. The molecule has 0 atom stereocenters. The van der Waals surface area contributed by atoms with Crippen LogP contribution < -0.4 is 10.5 Å². The second-order valence-corrected chi connectivity index (χ2v) is 9.28. The number of anilines is 1. The monoisotopic (exact) mass is 446 g/mol. The lowest BCUT2D eigenvalue weighted by atomic mass is 10.2. The molecule has 0 bridgehead atoms. The van der Waals surface area contributed by atoms with Crippen LogP contribution >= 0.6 is 11.3 Å². The molecule has 0 saturated carbocycles. The van der Waals surface area contributed by atoms with Crippen LogP contribution in [0.1, 0.15) is 18.5 Å². The number of carbonyl (C=O) groups is 1. The molecule has 5 rings (SSSR count). The van der Waals surface area contributed by atoms with E-state index in [2.05, 4.69) is 22.1 Å². The number of para-hydroxylation sites is 1. The molecule has 1 fully saturated rings. The predicted molar refractivity (Wildman–Crippen MR) is 131 cm³/mol. The fourth-order valence-electron chi connectivity index (χ4n) is 4.46. The number of benzene rings is 2. The Balaban J connectivity index is 1.22. The molecule has 0 aliphatic carbocycles. The topological polar surface area (TPSA) is 58.4 Å². The van der Waals surface area contributed by atoms with Gasteiger partial charge in [-0.2, -0.15) is 5.10 Å². The summed E-state index contributed by atoms with van der Waals surface area (Å²) in [4.78, 5) is 30.1. The first kappa shape index (κ1) is 20.7. The zero-order valence-electron chi connectivity index (χ0n) is 18.2. The van der Waals surface area contributed by atoms with E-state index >= 15 is 0 Å². The Kier molecular flexibility index (Phi) is 5.66. The Morgan fingerprint density at radius 3 is 2.50 bits per heavy atom. The highest BCUT2D eigenvalue weighted by Crippen LogP contribution is 2.32. The standard InChI is InChI=1S/C25H26N4O2S/c1-18-24-23(20-10-5-6-11-21(20)32-24)25(31)29(26-18)13-7-12-22(30)28-16-14-27(15-17-28)19-8-3-2-4-9-19/h2-6,8-11H,7,12-17H2,1H3. The number of fused-ring (bicyclic) bond motifs is 3. The maximum Gasteiger partial charge on any atom is 0.276 e. The normalized spacial score (nSPS) is 14.4. The van der Waals surface area contributed by atoms with Gasteiger partial charge in [0, 0.05) is 54.9 Å². The number of carbonyl (C=O) groups excluding carboxylic acids is 1. The molecule has 6 nitrogen and oxygen atoms in total. The number of nitrogens with zero attached hydrogens (tertiary/aromatic N) is 4. The molecule has 2 aromatic heterocycles. The zero-order valence-corrected chi connectivity index (χ0v) is 19.0. The molecule has 0 radical (unpaired) electrons. The molecule has 3 heterocycles. The Morgan fingerprint density at radius 2 is 1.72 bits per heavy atom. The van der Waals surface area contributed by atoms with Crippen LogP contribution in [-0.2, 0) is 11.3 Å². The van der Waals surface area contributed by atoms with E-state index in [4.69, 9.17) is 0 Å². The largest absolute Gasteiger partial charge is 0.368 e. The lowest BCUT2D eigenvalue weighted by molar-refractivity contribution is -0.131. The van der Waals surface area contributed by atoms with Crippen molar-refractivity contribution in [1.82, 2.24) is 14.7 Å². The van der Waals surface area contributed by atoms with Gasteiger partial charge in [0.15, 0.2) is 0 Å². The second kappa shape index (κ2) is 8.74. The van der Waals surface area contributed by atoms with Crippen molar-refractivity contribution in [2.45, 2.75) is 26.3 Å². The van der Waals surface area contributed by atoms with Gasteiger partial charge in [-0.15, -0.1) is 11.3 Å². The highest BCUT2D eigenvalue weighted by atomic mass is 32.1. The van der Waals surface area contributed by atoms with Crippen molar-refractivity contribution >= 4 is 43.1 Å². The summed E-state index contributed by atoms with van der Waals surface area (Å²) >= 11 is 1.62. The number of piperazine rings is 1. The fraction of sp³-hybridized carbons (Fsp3) is 0.320. The Labute approximate surface area is 190 Å². The molecule has 32 heavy (non-hydrogen) atoms. The third kappa shape index (κ3) is 3.88. The molecule has 1 aliphatic heterocycles. The van der Waals surface area contributed by atoms with E-state index in [9.17, 15) is 9.59 Å². The number of amides is 1. The average Bonchev–Trinajstić information content (AvgIpc) is 3.23. The van der Waals surface area contributed by atoms with Crippen molar-refractivity contribution in [3.8, 4) is 0 Å². The van der Waals surface area contributed by atoms with Crippen LogP contribution in [-0.4, -0.2) is 46.8 Å². The minimum Gasteiger partial charge on any atom is -0.368 e. The van der Waals surface area contributed by atoms with E-state index in [-0.39, 0.29) is 11.5 Å². The fourth-order valence-corrected chi connectivity index (χ4v) is 5.59. The molecule has 2 aromatic carbocycles. The van der Waals surface area contributed by atoms with Crippen molar-refractivity contribution in [2.75, 3.05) is 31.1 Å². The summed E-state index contributed by atoms with van der Waals surface area (Å²) < 4.78 is 3.60. The van der Waals surface area contributed by atoms with E-state index in [0.29, 0.717) is 19.4 Å². The first-order chi connectivity index (χ1) is 15.6. The quantitative estimate of drug-likeness (QED) is 0.464. The van der Waals surface area contributed by atoms with Gasteiger partial charge in [-0.1, -0.05) is 36.4 Å². The SMILES string of the molecule is Cc1nn(CCCC(=O)N2CCN(c3ccccc3)CC2)c(=O)c2c1sc1ccccc12. The number of aromatic nitrogens is 2. The van der Waals surface area contributed by atoms with Crippen LogP contribution in [0, 0.1) is 6.92 Å². The van der Waals surface area contributed by atoms with Crippen LogP contribution in [0.4, 0.5) is 5.69 Å². The third-order valence-corrected chi connectivity index (χ3v) is 7.44. The lowest BCUT2D eigenvalue weighted by Crippen LogP contribution is -2.48. The summed E-state index contributed by atoms with van der Waals surface area (Å²) in [6.45, 7) is 5.56. The van der Waals surface area contributed by atoms with Crippen molar-refractivity contribution < 1.29 is 4.79 Å². The average molecular weight is 447 g/mol. The molecule has 0 spiro atoms. The van der Waals surface area contributed by atoms with Crippen LogP contribution in [0.2, 0.25) is 0 Å². The number of hydrogen-bond acceptors (Lipinski definition) is 5. The summed E-state index contributed by atoms with van der Waals surface area (Å²) in [6.07, 6.45) is 1.04. The number of aryl methyl sites for hydroxylation is 2. The van der Waals surface area contributed by atoms with Crippen LogP contribution in [0.25, 0.3) is 20.2 Å². The van der Waals surface area contributed by atoms with Crippen molar-refractivity contribution in [3.05, 3.63) is 70.6 Å². The molecule has 1 amide bonds. The van der Waals surface area contributed by atoms with Gasteiger partial charge in [-0.05, 0) is 31.5 Å². The van der Waals surface area contributed by atoms with Crippen molar-refractivity contribution in [2.24, 2.45) is 0 Å². The summed E-state index contributed by atoms with van der Waals surface area (Å²) in [5, 5.41) is 6.27. The summed E-state index contributed by atoms with van der Waals surface area (Å²) in [5.41, 5.74) is 2.01. The van der Waals surface area contributed by atoms with E-state index in [1.54, 1.807) is 11.3 Å². The van der Waals surface area contributed by atoms with Gasteiger partial charge in [0.05, 0.1) is 15.8 Å². The summed E-state index contributed by atoms with van der Waals surface area (Å²) in [5.74, 6) is 0.157. The van der Waals surface area contributed by atoms with Crippen LogP contribution in [0.15, 0.2) is 59.4 Å². The van der Waals surface area contributed by atoms with Gasteiger partial charge in [0.2, 0.25) is 5.91 Å².